The molecule has 3 aromatic rings. The Bertz CT molecular complexity index is 1280. The first-order chi connectivity index (χ1) is 16.5. The highest BCUT2D eigenvalue weighted by Crippen LogP contribution is 2.33. The van der Waals surface area contributed by atoms with Crippen LogP contribution in [-0.2, 0) is 33.8 Å². The van der Waals surface area contributed by atoms with Gasteiger partial charge in [-0.25, -0.2) is 8.42 Å². The fraction of sp³-hybridized carbons (Fsp3) is 0.269. The molecule has 3 rings (SSSR count). The van der Waals surface area contributed by atoms with Gasteiger partial charge in [-0.15, -0.1) is 0 Å². The van der Waals surface area contributed by atoms with Gasteiger partial charge in [0.05, 0.1) is 16.1 Å². The summed E-state index contributed by atoms with van der Waals surface area (Å²) in [5, 5.41) is 2.79. The summed E-state index contributed by atoms with van der Waals surface area (Å²) < 4.78 is 67.8. The van der Waals surface area contributed by atoms with Crippen LogP contribution in [0.2, 0.25) is 0 Å². The summed E-state index contributed by atoms with van der Waals surface area (Å²) in [6, 6.07) is 15.5. The molecule has 0 aromatic heterocycles. The lowest BCUT2D eigenvalue weighted by atomic mass is 10.0. The van der Waals surface area contributed by atoms with Crippen molar-refractivity contribution in [1.29, 1.82) is 0 Å². The standard InChI is InChI=1S/C26H27F3N2O3S/c1-4-19-8-6-9-20(5-2)25(19)30-24(32)17-31(22-11-7-10-21(16-22)26(27,28)29)35(33,34)23-14-12-18(3)13-15-23/h6-16H,4-5,17H2,1-3H3,(H,30,32). The smallest absolute Gasteiger partial charge is 0.324 e. The van der Waals surface area contributed by atoms with Gasteiger partial charge in [-0.2, -0.15) is 13.2 Å². The van der Waals surface area contributed by atoms with Crippen LogP contribution in [0, 0.1) is 6.92 Å². The number of anilines is 2. The number of aryl methyl sites for hydroxylation is 3. The van der Waals surface area contributed by atoms with Gasteiger partial charge in [-0.05, 0) is 61.2 Å². The molecule has 1 amide bonds. The van der Waals surface area contributed by atoms with E-state index in [1.807, 2.05) is 32.0 Å². The highest BCUT2D eigenvalue weighted by Gasteiger charge is 2.33. The van der Waals surface area contributed by atoms with Crippen LogP contribution in [-0.4, -0.2) is 20.9 Å². The topological polar surface area (TPSA) is 66.5 Å². The molecule has 0 fully saturated rings. The fourth-order valence-electron chi connectivity index (χ4n) is 3.70. The Kier molecular flexibility index (Phi) is 7.90. The quantitative estimate of drug-likeness (QED) is 0.411. The molecule has 0 heterocycles. The Morgan fingerprint density at radius 2 is 1.49 bits per heavy atom. The largest absolute Gasteiger partial charge is 0.416 e. The lowest BCUT2D eigenvalue weighted by molar-refractivity contribution is -0.137. The van der Waals surface area contributed by atoms with E-state index in [-0.39, 0.29) is 10.6 Å². The van der Waals surface area contributed by atoms with E-state index < -0.39 is 34.2 Å². The Balaban J connectivity index is 2.05. The second kappa shape index (κ2) is 10.5. The molecule has 3 aromatic carbocycles. The van der Waals surface area contributed by atoms with E-state index in [2.05, 4.69) is 5.32 Å². The van der Waals surface area contributed by atoms with Crippen LogP contribution in [0.25, 0.3) is 0 Å². The molecule has 0 unspecified atom stereocenters. The minimum absolute atomic E-state index is 0.128. The first-order valence-corrected chi connectivity index (χ1v) is 12.6. The molecule has 0 radical (unpaired) electrons. The third kappa shape index (κ3) is 6.03. The van der Waals surface area contributed by atoms with Crippen LogP contribution >= 0.6 is 0 Å². The average Bonchev–Trinajstić information content (AvgIpc) is 2.82. The van der Waals surface area contributed by atoms with E-state index >= 15 is 0 Å². The molecule has 0 aliphatic rings. The number of nitrogens with zero attached hydrogens (tertiary/aromatic N) is 1. The Labute approximate surface area is 203 Å². The number of benzene rings is 3. The SMILES string of the molecule is CCc1cccc(CC)c1NC(=O)CN(c1cccc(C(F)(F)F)c1)S(=O)(=O)c1ccc(C)cc1. The molecule has 0 bridgehead atoms. The highest BCUT2D eigenvalue weighted by molar-refractivity contribution is 7.92. The molecule has 5 nitrogen and oxygen atoms in total. The van der Waals surface area contributed by atoms with Crippen molar-refractivity contribution in [2.75, 3.05) is 16.2 Å². The molecular weight excluding hydrogens is 477 g/mol. The predicted octanol–water partition coefficient (Wildman–Crippen LogP) is 5.97. The maximum absolute atomic E-state index is 13.5. The first-order valence-electron chi connectivity index (χ1n) is 11.1. The summed E-state index contributed by atoms with van der Waals surface area (Å²) in [5.74, 6) is -0.659. The van der Waals surface area contributed by atoms with Crippen LogP contribution < -0.4 is 9.62 Å². The molecule has 1 N–H and O–H groups in total. The van der Waals surface area contributed by atoms with Gasteiger partial charge in [-0.1, -0.05) is 55.8 Å². The molecule has 0 spiro atoms. The normalized spacial score (nSPS) is 11.8. The maximum Gasteiger partial charge on any atom is 0.416 e. The zero-order valence-corrected chi connectivity index (χ0v) is 20.5. The zero-order valence-electron chi connectivity index (χ0n) is 19.7. The molecule has 9 heteroatoms. The average molecular weight is 505 g/mol. The summed E-state index contributed by atoms with van der Waals surface area (Å²) in [4.78, 5) is 13.0. The first kappa shape index (κ1) is 26.3. The highest BCUT2D eigenvalue weighted by atomic mass is 32.2. The van der Waals surface area contributed by atoms with Crippen molar-refractivity contribution in [3.63, 3.8) is 0 Å². The number of halogens is 3. The van der Waals surface area contributed by atoms with Crippen molar-refractivity contribution >= 4 is 27.3 Å². The van der Waals surface area contributed by atoms with Crippen LogP contribution in [0.5, 0.6) is 0 Å². The van der Waals surface area contributed by atoms with Gasteiger partial charge in [-0.3, -0.25) is 9.10 Å². The fourth-order valence-corrected chi connectivity index (χ4v) is 5.12. The van der Waals surface area contributed by atoms with Gasteiger partial charge in [0.15, 0.2) is 0 Å². The van der Waals surface area contributed by atoms with Gasteiger partial charge in [0.1, 0.15) is 6.54 Å². The van der Waals surface area contributed by atoms with E-state index in [0.717, 1.165) is 34.9 Å². The summed E-state index contributed by atoms with van der Waals surface area (Å²) in [6.07, 6.45) is -3.39. The molecule has 0 atom stereocenters. The second-order valence-corrected chi connectivity index (χ2v) is 9.94. The van der Waals surface area contributed by atoms with Crippen molar-refractivity contribution in [3.05, 3.63) is 89.0 Å². The number of rotatable bonds is 8. The maximum atomic E-state index is 13.5. The number of hydrogen-bond donors (Lipinski definition) is 1. The third-order valence-corrected chi connectivity index (χ3v) is 7.41. The molecular formula is C26H27F3N2O3S. The van der Waals surface area contributed by atoms with Crippen molar-refractivity contribution in [2.24, 2.45) is 0 Å². The lowest BCUT2D eigenvalue weighted by Gasteiger charge is -2.25. The number of carbonyl (C=O) groups excluding carboxylic acids is 1. The summed E-state index contributed by atoms with van der Waals surface area (Å²) in [5.41, 5.74) is 1.91. The number of carbonyl (C=O) groups is 1. The zero-order chi connectivity index (χ0) is 25.8. The minimum Gasteiger partial charge on any atom is -0.324 e. The summed E-state index contributed by atoms with van der Waals surface area (Å²) in [7, 11) is -4.35. The van der Waals surface area contributed by atoms with Crippen molar-refractivity contribution < 1.29 is 26.4 Å². The second-order valence-electron chi connectivity index (χ2n) is 8.08. The number of hydrogen-bond acceptors (Lipinski definition) is 3. The third-order valence-electron chi connectivity index (χ3n) is 5.62. The summed E-state index contributed by atoms with van der Waals surface area (Å²) in [6.45, 7) is 4.95. The monoisotopic (exact) mass is 504 g/mol. The van der Waals surface area contributed by atoms with Crippen molar-refractivity contribution in [1.82, 2.24) is 0 Å². The van der Waals surface area contributed by atoms with Crippen molar-refractivity contribution in [3.8, 4) is 0 Å². The van der Waals surface area contributed by atoms with E-state index in [1.165, 1.54) is 18.2 Å². The lowest BCUT2D eigenvalue weighted by Crippen LogP contribution is -2.38. The van der Waals surface area contributed by atoms with Crippen molar-refractivity contribution in [2.45, 2.75) is 44.7 Å². The minimum atomic E-state index is -4.67. The number of sulfonamides is 1. The Hall–Kier alpha value is -3.33. The van der Waals surface area contributed by atoms with Gasteiger partial charge in [0, 0.05) is 5.69 Å². The number of nitrogens with one attached hydrogen (secondary N) is 1. The van der Waals surface area contributed by atoms with Crippen LogP contribution in [0.3, 0.4) is 0 Å². The molecule has 35 heavy (non-hydrogen) atoms. The van der Waals surface area contributed by atoms with Gasteiger partial charge >= 0.3 is 6.18 Å². The van der Waals surface area contributed by atoms with Crippen LogP contribution in [0.15, 0.2) is 71.6 Å². The molecule has 0 saturated heterocycles. The van der Waals surface area contributed by atoms with E-state index in [4.69, 9.17) is 0 Å². The van der Waals surface area contributed by atoms with E-state index in [1.54, 1.807) is 19.1 Å². The predicted molar refractivity (Wildman–Crippen MR) is 131 cm³/mol. The number of alkyl halides is 3. The van der Waals surface area contributed by atoms with E-state index in [0.29, 0.717) is 22.8 Å². The number of para-hydroxylation sites is 1. The van der Waals surface area contributed by atoms with Gasteiger partial charge in [0.25, 0.3) is 10.0 Å². The van der Waals surface area contributed by atoms with Gasteiger partial charge < -0.3 is 5.32 Å². The Morgan fingerprint density at radius 1 is 0.914 bits per heavy atom. The van der Waals surface area contributed by atoms with Crippen LogP contribution in [0.1, 0.15) is 36.1 Å². The molecule has 186 valence electrons. The molecule has 0 aliphatic heterocycles. The van der Waals surface area contributed by atoms with Crippen LogP contribution in [0.4, 0.5) is 24.5 Å². The summed E-state index contributed by atoms with van der Waals surface area (Å²) >= 11 is 0. The molecule has 0 aliphatic carbocycles. The number of amides is 1. The van der Waals surface area contributed by atoms with E-state index in [9.17, 15) is 26.4 Å². The Morgan fingerprint density at radius 3 is 2.03 bits per heavy atom. The van der Waals surface area contributed by atoms with Gasteiger partial charge in [0.2, 0.25) is 5.91 Å². The molecule has 0 saturated carbocycles.